The van der Waals surface area contributed by atoms with Gasteiger partial charge in [0.25, 0.3) is 0 Å². The number of anilines is 2. The van der Waals surface area contributed by atoms with Crippen molar-refractivity contribution in [1.82, 2.24) is 34.8 Å². The first-order valence-electron chi connectivity index (χ1n) is 14.4. The van der Waals surface area contributed by atoms with Gasteiger partial charge in [-0.1, -0.05) is 20.3 Å². The largest absolute Gasteiger partial charge is 0.492 e. The van der Waals surface area contributed by atoms with E-state index in [1.807, 2.05) is 54.5 Å². The lowest BCUT2D eigenvalue weighted by atomic mass is 10.0. The van der Waals surface area contributed by atoms with Crippen molar-refractivity contribution in [2.75, 3.05) is 31.6 Å². The molecule has 1 aliphatic heterocycles. The molecule has 6 rings (SSSR count). The zero-order chi connectivity index (χ0) is 28.2. The molecule has 5 heterocycles. The van der Waals surface area contributed by atoms with Crippen LogP contribution in [0.4, 0.5) is 11.6 Å². The van der Waals surface area contributed by atoms with E-state index >= 15 is 0 Å². The Labute approximate surface area is 240 Å². The maximum Gasteiger partial charge on any atom is 0.154 e. The van der Waals surface area contributed by atoms with Gasteiger partial charge in [-0.25, -0.2) is 4.98 Å². The van der Waals surface area contributed by atoms with Gasteiger partial charge in [-0.3, -0.25) is 14.6 Å². The van der Waals surface area contributed by atoms with E-state index < -0.39 is 0 Å². The highest BCUT2D eigenvalue weighted by Gasteiger charge is 2.15. The van der Waals surface area contributed by atoms with Gasteiger partial charge in [-0.2, -0.15) is 10.2 Å². The molecule has 0 spiro atoms. The number of likely N-dealkylation sites (tertiary alicyclic amines) is 1. The van der Waals surface area contributed by atoms with Gasteiger partial charge in [-0.15, -0.1) is 5.10 Å². The van der Waals surface area contributed by atoms with Crippen LogP contribution in [0.25, 0.3) is 33.4 Å². The fraction of sp³-hybridized carbons (Fsp3) is 0.344. The average molecular weight is 549 g/mol. The number of aryl methyl sites for hydroxylation is 1. The minimum Gasteiger partial charge on any atom is -0.492 e. The van der Waals surface area contributed by atoms with E-state index in [0.29, 0.717) is 24.2 Å². The topological polar surface area (TPSA) is 93.9 Å². The molecular formula is C32H36N8O. The van der Waals surface area contributed by atoms with Gasteiger partial charge in [0.2, 0.25) is 0 Å². The van der Waals surface area contributed by atoms with Crippen LogP contribution in [0, 0.1) is 0 Å². The van der Waals surface area contributed by atoms with Gasteiger partial charge in [0.1, 0.15) is 23.9 Å². The van der Waals surface area contributed by atoms with Crippen molar-refractivity contribution < 1.29 is 4.74 Å². The van der Waals surface area contributed by atoms with Gasteiger partial charge in [0.15, 0.2) is 5.82 Å². The number of aromatic nitrogens is 6. The van der Waals surface area contributed by atoms with E-state index in [0.717, 1.165) is 51.3 Å². The van der Waals surface area contributed by atoms with Gasteiger partial charge < -0.3 is 10.1 Å². The van der Waals surface area contributed by atoms with Crippen molar-refractivity contribution in [2.24, 2.45) is 7.05 Å². The van der Waals surface area contributed by atoms with Crippen LogP contribution >= 0.6 is 0 Å². The molecule has 4 aromatic heterocycles. The van der Waals surface area contributed by atoms with Gasteiger partial charge in [0.05, 0.1) is 17.2 Å². The summed E-state index contributed by atoms with van der Waals surface area (Å²) in [5.41, 5.74) is 6.59. The molecule has 210 valence electrons. The van der Waals surface area contributed by atoms with E-state index in [1.165, 1.54) is 32.4 Å². The van der Waals surface area contributed by atoms with E-state index in [-0.39, 0.29) is 0 Å². The number of fused-ring (bicyclic) bond motifs is 1. The number of nitrogens with zero attached hydrogens (tertiary/aromatic N) is 7. The summed E-state index contributed by atoms with van der Waals surface area (Å²) in [4.78, 5) is 12.0. The first-order valence-corrected chi connectivity index (χ1v) is 14.4. The SMILES string of the molecule is CC(C)c1cnnc(Nc2ccc3ncc(-c4cn(C)nc4-c4ccc(OCCN5CCCCC5)cc4)cc3n2)c1. The number of nitrogens with one attached hydrogen (secondary N) is 1. The maximum atomic E-state index is 6.04. The second-order valence-electron chi connectivity index (χ2n) is 11.0. The van der Waals surface area contributed by atoms with Crippen molar-refractivity contribution in [2.45, 2.75) is 39.0 Å². The van der Waals surface area contributed by atoms with Crippen LogP contribution in [0.15, 0.2) is 67.1 Å². The minimum absolute atomic E-state index is 0.365. The third-order valence-electron chi connectivity index (χ3n) is 7.53. The summed E-state index contributed by atoms with van der Waals surface area (Å²) >= 11 is 0. The number of rotatable bonds is 9. The van der Waals surface area contributed by atoms with E-state index in [2.05, 4.69) is 52.5 Å². The number of ether oxygens (including phenoxy) is 1. The Morgan fingerprint density at radius 3 is 2.54 bits per heavy atom. The lowest BCUT2D eigenvalue weighted by molar-refractivity contribution is 0.183. The smallest absolute Gasteiger partial charge is 0.154 e. The summed E-state index contributed by atoms with van der Waals surface area (Å²) in [6.45, 7) is 8.31. The van der Waals surface area contributed by atoms with Crippen molar-refractivity contribution in [1.29, 1.82) is 0 Å². The number of piperidine rings is 1. The van der Waals surface area contributed by atoms with E-state index in [1.54, 1.807) is 6.20 Å². The van der Waals surface area contributed by atoms with Crippen molar-refractivity contribution >= 4 is 22.7 Å². The van der Waals surface area contributed by atoms with Gasteiger partial charge in [-0.05, 0) is 85.9 Å². The van der Waals surface area contributed by atoms with Crippen LogP contribution in [0.2, 0.25) is 0 Å². The fourth-order valence-electron chi connectivity index (χ4n) is 5.21. The molecule has 1 saturated heterocycles. The molecule has 1 aromatic carbocycles. The molecule has 1 N–H and O–H groups in total. The average Bonchev–Trinajstić information content (AvgIpc) is 3.39. The fourth-order valence-corrected chi connectivity index (χ4v) is 5.21. The van der Waals surface area contributed by atoms with Crippen LogP contribution in [0.5, 0.6) is 5.75 Å². The zero-order valence-electron chi connectivity index (χ0n) is 23.9. The second-order valence-corrected chi connectivity index (χ2v) is 11.0. The molecule has 0 atom stereocenters. The third kappa shape index (κ3) is 6.36. The highest BCUT2D eigenvalue weighted by Crippen LogP contribution is 2.33. The van der Waals surface area contributed by atoms with Crippen LogP contribution in [-0.2, 0) is 7.05 Å². The molecule has 1 fully saturated rings. The molecule has 0 unspecified atom stereocenters. The quantitative estimate of drug-likeness (QED) is 0.232. The molecule has 9 heteroatoms. The Bertz CT molecular complexity index is 1620. The monoisotopic (exact) mass is 548 g/mol. The summed E-state index contributed by atoms with van der Waals surface area (Å²) in [6, 6.07) is 16.1. The summed E-state index contributed by atoms with van der Waals surface area (Å²) in [7, 11) is 1.94. The highest BCUT2D eigenvalue weighted by molar-refractivity contribution is 5.86. The van der Waals surface area contributed by atoms with Gasteiger partial charge in [0, 0.05) is 42.7 Å². The Kier molecular flexibility index (Phi) is 7.86. The summed E-state index contributed by atoms with van der Waals surface area (Å²) < 4.78 is 7.88. The lowest BCUT2D eigenvalue weighted by Crippen LogP contribution is -2.33. The molecular weight excluding hydrogens is 512 g/mol. The minimum atomic E-state index is 0.365. The van der Waals surface area contributed by atoms with E-state index in [9.17, 15) is 0 Å². The molecule has 41 heavy (non-hydrogen) atoms. The maximum absolute atomic E-state index is 6.04. The Morgan fingerprint density at radius 2 is 1.73 bits per heavy atom. The van der Waals surface area contributed by atoms with Crippen molar-refractivity contribution in [3.05, 3.63) is 72.7 Å². The summed E-state index contributed by atoms with van der Waals surface area (Å²) in [5, 5.41) is 16.4. The number of hydrogen-bond acceptors (Lipinski definition) is 8. The molecule has 9 nitrogen and oxygen atoms in total. The highest BCUT2D eigenvalue weighted by atomic mass is 16.5. The molecule has 5 aromatic rings. The first kappa shape index (κ1) is 26.8. The second kappa shape index (κ2) is 12.0. The van der Waals surface area contributed by atoms with Crippen molar-refractivity contribution in [3.8, 4) is 28.1 Å². The summed E-state index contributed by atoms with van der Waals surface area (Å²) in [6.07, 6.45) is 9.64. The predicted octanol–water partition coefficient (Wildman–Crippen LogP) is 6.22. The third-order valence-corrected chi connectivity index (χ3v) is 7.53. The number of benzene rings is 1. The van der Waals surface area contributed by atoms with Crippen molar-refractivity contribution in [3.63, 3.8) is 0 Å². The Balaban J connectivity index is 1.20. The Morgan fingerprint density at radius 1 is 0.902 bits per heavy atom. The van der Waals surface area contributed by atoms with Crippen LogP contribution in [-0.4, -0.2) is 61.1 Å². The van der Waals surface area contributed by atoms with Crippen LogP contribution < -0.4 is 10.1 Å². The molecule has 0 saturated carbocycles. The van der Waals surface area contributed by atoms with Crippen LogP contribution in [0.3, 0.4) is 0 Å². The molecule has 0 aliphatic carbocycles. The van der Waals surface area contributed by atoms with E-state index in [4.69, 9.17) is 19.8 Å². The number of pyridine rings is 2. The molecule has 0 bridgehead atoms. The normalized spacial score (nSPS) is 14.0. The van der Waals surface area contributed by atoms with Crippen LogP contribution in [0.1, 0.15) is 44.6 Å². The summed E-state index contributed by atoms with van der Waals surface area (Å²) in [5.74, 6) is 2.60. The molecule has 0 radical (unpaired) electrons. The molecule has 1 aliphatic rings. The van der Waals surface area contributed by atoms with Gasteiger partial charge >= 0.3 is 0 Å². The zero-order valence-corrected chi connectivity index (χ0v) is 23.9. The Hall–Kier alpha value is -4.37. The standard InChI is InChI=1S/C32H36N8O/c1-22(2)24-18-31(37-34-20-24)36-30-12-11-28-29(35-30)17-25(19-33-28)27-21-39(3)38-32(27)23-7-9-26(10-8-23)41-16-15-40-13-5-4-6-14-40/h7-12,17-22H,4-6,13-16H2,1-3H3,(H,35,36,37). The first-order chi connectivity index (χ1) is 20.0. The lowest BCUT2D eigenvalue weighted by Gasteiger charge is -2.26. The number of hydrogen-bond donors (Lipinski definition) is 1. The predicted molar refractivity (Wildman–Crippen MR) is 162 cm³/mol. The molecule has 0 amide bonds.